The van der Waals surface area contributed by atoms with Crippen LogP contribution < -0.4 is 9.47 Å². The molecule has 0 aliphatic carbocycles. The van der Waals surface area contributed by atoms with Gasteiger partial charge in [0, 0.05) is 5.56 Å². The molecule has 0 aliphatic heterocycles. The van der Waals surface area contributed by atoms with Crippen molar-refractivity contribution in [1.29, 1.82) is 0 Å². The summed E-state index contributed by atoms with van der Waals surface area (Å²) in [4.78, 5) is 10.6. The van der Waals surface area contributed by atoms with E-state index in [0.29, 0.717) is 0 Å². The Morgan fingerprint density at radius 3 is 2.56 bits per heavy atom. The average molecular weight is 264 g/mol. The molecule has 0 aliphatic rings. The summed E-state index contributed by atoms with van der Waals surface area (Å²) in [5.74, 6) is -1.41. The summed E-state index contributed by atoms with van der Waals surface area (Å²) in [6.45, 7) is 1.97. The van der Waals surface area contributed by atoms with Gasteiger partial charge in [0.15, 0.2) is 0 Å². The van der Waals surface area contributed by atoms with Crippen molar-refractivity contribution in [3.05, 3.63) is 23.8 Å². The summed E-state index contributed by atoms with van der Waals surface area (Å²) in [5, 5.41) is 8.66. The van der Waals surface area contributed by atoms with E-state index in [1.54, 1.807) is 6.92 Å². The SMILES string of the molecule is CCOc1ccc(OC(F)(F)F)cc1CC(=O)O. The molecule has 0 saturated heterocycles. The van der Waals surface area contributed by atoms with Gasteiger partial charge in [-0.3, -0.25) is 4.79 Å². The van der Waals surface area contributed by atoms with Crippen molar-refractivity contribution in [2.75, 3.05) is 6.61 Å². The lowest BCUT2D eigenvalue weighted by Crippen LogP contribution is -2.17. The van der Waals surface area contributed by atoms with Crippen LogP contribution in [0.15, 0.2) is 18.2 Å². The lowest BCUT2D eigenvalue weighted by Gasteiger charge is -2.13. The van der Waals surface area contributed by atoms with Gasteiger partial charge >= 0.3 is 12.3 Å². The monoisotopic (exact) mass is 264 g/mol. The predicted octanol–water partition coefficient (Wildman–Crippen LogP) is 2.61. The number of hydrogen-bond donors (Lipinski definition) is 1. The molecule has 0 spiro atoms. The topological polar surface area (TPSA) is 55.8 Å². The van der Waals surface area contributed by atoms with Gasteiger partial charge in [-0.1, -0.05) is 0 Å². The van der Waals surface area contributed by atoms with E-state index < -0.39 is 24.5 Å². The average Bonchev–Trinajstić information content (AvgIpc) is 2.19. The van der Waals surface area contributed by atoms with Crippen LogP contribution in [0.3, 0.4) is 0 Å². The van der Waals surface area contributed by atoms with E-state index in [-0.39, 0.29) is 17.9 Å². The normalized spacial score (nSPS) is 11.1. The number of halogens is 3. The first-order valence-corrected chi connectivity index (χ1v) is 5.05. The van der Waals surface area contributed by atoms with Gasteiger partial charge in [0.25, 0.3) is 0 Å². The number of alkyl halides is 3. The largest absolute Gasteiger partial charge is 0.573 e. The lowest BCUT2D eigenvalue weighted by atomic mass is 10.1. The summed E-state index contributed by atoms with van der Waals surface area (Å²) in [5.41, 5.74) is 0.131. The quantitative estimate of drug-likeness (QED) is 0.888. The van der Waals surface area contributed by atoms with Crippen LogP contribution in [0.4, 0.5) is 13.2 Å². The van der Waals surface area contributed by atoms with Crippen LogP contribution in [0.1, 0.15) is 12.5 Å². The van der Waals surface area contributed by atoms with Gasteiger partial charge in [0.2, 0.25) is 0 Å². The van der Waals surface area contributed by atoms with Crippen molar-refractivity contribution >= 4 is 5.97 Å². The van der Waals surface area contributed by atoms with E-state index in [1.807, 2.05) is 0 Å². The number of benzene rings is 1. The smallest absolute Gasteiger partial charge is 0.494 e. The number of carboxylic acids is 1. The Kier molecular flexibility index (Phi) is 4.41. The van der Waals surface area contributed by atoms with Crippen molar-refractivity contribution < 1.29 is 32.5 Å². The standard InChI is InChI=1S/C11H11F3O4/c1-2-17-9-4-3-8(18-11(12,13)14)5-7(9)6-10(15)16/h3-5H,2,6H2,1H3,(H,15,16). The Morgan fingerprint density at radius 1 is 1.39 bits per heavy atom. The molecule has 18 heavy (non-hydrogen) atoms. The third-order valence-corrected chi connectivity index (χ3v) is 1.91. The van der Waals surface area contributed by atoms with Crippen molar-refractivity contribution in [3.63, 3.8) is 0 Å². The third kappa shape index (κ3) is 4.52. The molecule has 0 bridgehead atoms. The van der Waals surface area contributed by atoms with E-state index in [9.17, 15) is 18.0 Å². The Morgan fingerprint density at radius 2 is 2.06 bits per heavy atom. The first kappa shape index (κ1) is 14.1. The molecular weight excluding hydrogens is 253 g/mol. The number of aliphatic carboxylic acids is 1. The van der Waals surface area contributed by atoms with E-state index in [0.717, 1.165) is 12.1 Å². The minimum Gasteiger partial charge on any atom is -0.494 e. The van der Waals surface area contributed by atoms with Gasteiger partial charge in [0.05, 0.1) is 13.0 Å². The van der Waals surface area contributed by atoms with E-state index in [4.69, 9.17) is 9.84 Å². The Hall–Kier alpha value is -1.92. The lowest BCUT2D eigenvalue weighted by molar-refractivity contribution is -0.274. The summed E-state index contributed by atoms with van der Waals surface area (Å²) in [6, 6.07) is 3.33. The highest BCUT2D eigenvalue weighted by Gasteiger charge is 2.31. The maximum Gasteiger partial charge on any atom is 0.573 e. The molecule has 0 aromatic heterocycles. The second-order valence-electron chi connectivity index (χ2n) is 3.32. The fourth-order valence-corrected chi connectivity index (χ4v) is 1.35. The van der Waals surface area contributed by atoms with Gasteiger partial charge in [-0.25, -0.2) is 0 Å². The van der Waals surface area contributed by atoms with E-state index in [1.165, 1.54) is 6.07 Å². The minimum atomic E-state index is -4.81. The summed E-state index contributed by atoms with van der Waals surface area (Å²) < 4.78 is 44.9. The highest BCUT2D eigenvalue weighted by molar-refractivity contribution is 5.71. The van der Waals surface area contributed by atoms with Crippen LogP contribution in [-0.4, -0.2) is 24.0 Å². The maximum absolute atomic E-state index is 12.0. The molecule has 0 heterocycles. The van der Waals surface area contributed by atoms with Gasteiger partial charge < -0.3 is 14.6 Å². The zero-order valence-corrected chi connectivity index (χ0v) is 9.45. The van der Waals surface area contributed by atoms with E-state index >= 15 is 0 Å². The Balaban J connectivity index is 3.00. The zero-order valence-electron chi connectivity index (χ0n) is 9.45. The molecule has 1 aromatic rings. The van der Waals surface area contributed by atoms with Crippen LogP contribution in [0.2, 0.25) is 0 Å². The highest BCUT2D eigenvalue weighted by Crippen LogP contribution is 2.28. The maximum atomic E-state index is 12.0. The zero-order chi connectivity index (χ0) is 13.8. The van der Waals surface area contributed by atoms with Crippen LogP contribution in [-0.2, 0) is 11.2 Å². The molecule has 7 heteroatoms. The molecule has 1 rings (SSSR count). The number of rotatable bonds is 5. The molecule has 0 atom stereocenters. The Labute approximate surface area is 101 Å². The Bertz CT molecular complexity index is 429. The fourth-order valence-electron chi connectivity index (χ4n) is 1.35. The molecule has 0 fully saturated rings. The first-order valence-electron chi connectivity index (χ1n) is 5.05. The summed E-state index contributed by atoms with van der Waals surface area (Å²) in [7, 11) is 0. The fraction of sp³-hybridized carbons (Fsp3) is 0.364. The molecule has 1 N–H and O–H groups in total. The first-order chi connectivity index (χ1) is 8.31. The number of ether oxygens (including phenoxy) is 2. The van der Waals surface area contributed by atoms with Crippen molar-refractivity contribution in [2.45, 2.75) is 19.7 Å². The molecule has 0 unspecified atom stereocenters. The van der Waals surface area contributed by atoms with Crippen LogP contribution >= 0.6 is 0 Å². The number of carboxylic acid groups (broad SMARTS) is 1. The van der Waals surface area contributed by atoms with Crippen molar-refractivity contribution in [2.24, 2.45) is 0 Å². The number of carbonyl (C=O) groups is 1. The molecule has 0 amide bonds. The van der Waals surface area contributed by atoms with Gasteiger partial charge in [-0.15, -0.1) is 13.2 Å². The van der Waals surface area contributed by atoms with Gasteiger partial charge in [-0.05, 0) is 25.1 Å². The van der Waals surface area contributed by atoms with Crippen molar-refractivity contribution in [3.8, 4) is 11.5 Å². The molecule has 4 nitrogen and oxygen atoms in total. The second kappa shape index (κ2) is 5.61. The molecule has 0 radical (unpaired) electrons. The van der Waals surface area contributed by atoms with Crippen molar-refractivity contribution in [1.82, 2.24) is 0 Å². The molecule has 100 valence electrons. The van der Waals surface area contributed by atoms with Gasteiger partial charge in [0.1, 0.15) is 11.5 Å². The minimum absolute atomic E-state index is 0.131. The van der Waals surface area contributed by atoms with Crippen LogP contribution in [0.5, 0.6) is 11.5 Å². The molecular formula is C11H11F3O4. The second-order valence-corrected chi connectivity index (χ2v) is 3.32. The molecule has 0 saturated carbocycles. The molecule has 1 aromatic carbocycles. The van der Waals surface area contributed by atoms with Crippen LogP contribution in [0.25, 0.3) is 0 Å². The van der Waals surface area contributed by atoms with E-state index in [2.05, 4.69) is 4.74 Å². The van der Waals surface area contributed by atoms with Gasteiger partial charge in [-0.2, -0.15) is 0 Å². The highest BCUT2D eigenvalue weighted by atomic mass is 19.4. The number of hydrogen-bond acceptors (Lipinski definition) is 3. The third-order valence-electron chi connectivity index (χ3n) is 1.91. The van der Waals surface area contributed by atoms with Crippen LogP contribution in [0, 0.1) is 0 Å². The summed E-state index contributed by atoms with van der Waals surface area (Å²) in [6.07, 6.45) is -5.25. The predicted molar refractivity (Wildman–Crippen MR) is 55.6 cm³/mol. The summed E-state index contributed by atoms with van der Waals surface area (Å²) >= 11 is 0.